The van der Waals surface area contributed by atoms with Crippen molar-refractivity contribution in [2.45, 2.75) is 32.0 Å². The van der Waals surface area contributed by atoms with Gasteiger partial charge in [-0.2, -0.15) is 8.78 Å². The predicted octanol–water partition coefficient (Wildman–Crippen LogP) is 7.87. The Hall–Kier alpha value is -3.27. The standard InChI is InChI=1S/C27H23F7O3/c1-15-2-7-24(36-14-15)17-5-3-16(4-6-17)18-10-20(29)25(21(30)11-18)27(33,34)37-19-12-22(31)26(23(32)13-19)35-9-8-28/h3-6,10-13,15,24H,2,7-9,14H2,1H3. The molecule has 4 rings (SSSR count). The smallest absolute Gasteiger partial charge is 0.432 e. The van der Waals surface area contributed by atoms with Crippen molar-refractivity contribution in [3.8, 4) is 22.6 Å². The average molecular weight is 528 g/mol. The van der Waals surface area contributed by atoms with Crippen LogP contribution in [0.3, 0.4) is 0 Å². The molecule has 0 aliphatic carbocycles. The van der Waals surface area contributed by atoms with Gasteiger partial charge in [-0.3, -0.25) is 0 Å². The molecule has 0 N–H and O–H groups in total. The van der Waals surface area contributed by atoms with Crippen LogP contribution in [-0.2, 0) is 10.8 Å². The van der Waals surface area contributed by atoms with Crippen LogP contribution in [0.15, 0.2) is 48.5 Å². The lowest BCUT2D eigenvalue weighted by Crippen LogP contribution is -2.25. The minimum absolute atomic E-state index is 0.00531. The Balaban J connectivity index is 1.55. The van der Waals surface area contributed by atoms with E-state index in [1.807, 2.05) is 0 Å². The molecule has 1 heterocycles. The minimum Gasteiger partial charge on any atom is -0.485 e. The van der Waals surface area contributed by atoms with Crippen LogP contribution in [0.1, 0.15) is 37.0 Å². The fraction of sp³-hybridized carbons (Fsp3) is 0.333. The van der Waals surface area contributed by atoms with Gasteiger partial charge >= 0.3 is 6.11 Å². The first kappa shape index (κ1) is 26.8. The quantitative estimate of drug-likeness (QED) is 0.279. The molecule has 3 aromatic rings. The summed E-state index contributed by atoms with van der Waals surface area (Å²) in [6.45, 7) is 1.03. The van der Waals surface area contributed by atoms with E-state index in [-0.39, 0.29) is 11.7 Å². The van der Waals surface area contributed by atoms with Crippen molar-refractivity contribution in [3.05, 3.63) is 82.9 Å². The van der Waals surface area contributed by atoms with Gasteiger partial charge in [0.05, 0.1) is 6.10 Å². The Morgan fingerprint density at radius 3 is 2.03 bits per heavy atom. The second-order valence-electron chi connectivity index (χ2n) is 8.81. The highest BCUT2D eigenvalue weighted by Crippen LogP contribution is 2.39. The first-order valence-corrected chi connectivity index (χ1v) is 11.5. The molecular formula is C27H23F7O3. The van der Waals surface area contributed by atoms with Crippen LogP contribution in [0.25, 0.3) is 11.1 Å². The van der Waals surface area contributed by atoms with Crippen molar-refractivity contribution in [2.75, 3.05) is 19.9 Å². The number of hydrogen-bond acceptors (Lipinski definition) is 3. The molecule has 10 heteroatoms. The predicted molar refractivity (Wildman–Crippen MR) is 121 cm³/mol. The van der Waals surface area contributed by atoms with Gasteiger partial charge in [-0.1, -0.05) is 31.2 Å². The Bertz CT molecular complexity index is 1190. The molecule has 0 saturated carbocycles. The van der Waals surface area contributed by atoms with Crippen molar-refractivity contribution in [3.63, 3.8) is 0 Å². The summed E-state index contributed by atoms with van der Waals surface area (Å²) in [4.78, 5) is 0. The fourth-order valence-electron chi connectivity index (χ4n) is 4.13. The maximum absolute atomic E-state index is 14.7. The molecule has 0 aromatic heterocycles. The van der Waals surface area contributed by atoms with Crippen LogP contribution >= 0.6 is 0 Å². The van der Waals surface area contributed by atoms with Crippen LogP contribution in [0.5, 0.6) is 11.5 Å². The van der Waals surface area contributed by atoms with Crippen LogP contribution in [0.4, 0.5) is 30.7 Å². The van der Waals surface area contributed by atoms with Gasteiger partial charge < -0.3 is 14.2 Å². The lowest BCUT2D eigenvalue weighted by Gasteiger charge is -2.27. The molecule has 37 heavy (non-hydrogen) atoms. The molecule has 0 spiro atoms. The van der Waals surface area contributed by atoms with Crippen LogP contribution in [0, 0.1) is 29.2 Å². The van der Waals surface area contributed by atoms with Gasteiger partial charge in [0.1, 0.15) is 36.2 Å². The Morgan fingerprint density at radius 2 is 1.49 bits per heavy atom. The second kappa shape index (κ2) is 11.0. The summed E-state index contributed by atoms with van der Waals surface area (Å²) in [7, 11) is 0. The highest BCUT2D eigenvalue weighted by atomic mass is 19.3. The molecule has 0 amide bonds. The molecule has 3 nitrogen and oxygen atoms in total. The number of halogens is 7. The SMILES string of the molecule is CC1CCC(c2ccc(-c3cc(F)c(C(F)(F)Oc4cc(F)c(OCCF)c(F)c4)c(F)c3)cc2)OC1. The third-order valence-corrected chi connectivity index (χ3v) is 5.99. The molecule has 1 saturated heterocycles. The van der Waals surface area contributed by atoms with E-state index in [4.69, 9.17) is 4.74 Å². The lowest BCUT2D eigenvalue weighted by atomic mass is 9.94. The van der Waals surface area contributed by atoms with Gasteiger partial charge in [0.2, 0.25) is 0 Å². The molecule has 0 radical (unpaired) electrons. The van der Waals surface area contributed by atoms with Crippen molar-refractivity contribution in [2.24, 2.45) is 5.92 Å². The number of rotatable bonds is 8. The molecule has 1 fully saturated rings. The number of hydrogen-bond donors (Lipinski definition) is 0. The van der Waals surface area contributed by atoms with Gasteiger partial charge in [-0.25, -0.2) is 22.0 Å². The summed E-state index contributed by atoms with van der Waals surface area (Å²) in [5.41, 5.74) is -0.440. The van der Waals surface area contributed by atoms with Gasteiger partial charge in [0.25, 0.3) is 0 Å². The maximum atomic E-state index is 14.7. The zero-order valence-corrected chi connectivity index (χ0v) is 19.7. The molecule has 1 aliphatic rings. The van der Waals surface area contributed by atoms with Crippen molar-refractivity contribution >= 4 is 0 Å². The lowest BCUT2D eigenvalue weighted by molar-refractivity contribution is -0.189. The molecule has 2 unspecified atom stereocenters. The molecule has 1 aliphatic heterocycles. The van der Waals surface area contributed by atoms with E-state index in [2.05, 4.69) is 16.4 Å². The van der Waals surface area contributed by atoms with Gasteiger partial charge in [0, 0.05) is 18.7 Å². The largest absolute Gasteiger partial charge is 0.485 e. The third kappa shape index (κ3) is 6.01. The van der Waals surface area contributed by atoms with E-state index < -0.39 is 59.7 Å². The van der Waals surface area contributed by atoms with Crippen molar-refractivity contribution in [1.82, 2.24) is 0 Å². The Morgan fingerprint density at radius 1 is 0.865 bits per heavy atom. The average Bonchev–Trinajstić information content (AvgIpc) is 2.83. The van der Waals surface area contributed by atoms with E-state index in [1.54, 1.807) is 24.3 Å². The van der Waals surface area contributed by atoms with E-state index in [0.717, 1.165) is 30.5 Å². The maximum Gasteiger partial charge on any atom is 0.432 e. The van der Waals surface area contributed by atoms with Gasteiger partial charge in [-0.05, 0) is 47.6 Å². The van der Waals surface area contributed by atoms with Gasteiger partial charge in [-0.15, -0.1) is 0 Å². The van der Waals surface area contributed by atoms with Crippen LogP contribution < -0.4 is 9.47 Å². The molecule has 198 valence electrons. The minimum atomic E-state index is -4.62. The van der Waals surface area contributed by atoms with E-state index >= 15 is 0 Å². The summed E-state index contributed by atoms with van der Waals surface area (Å²) in [6.07, 6.45) is -2.85. The summed E-state index contributed by atoms with van der Waals surface area (Å²) in [6, 6.07) is 8.84. The molecule has 0 bridgehead atoms. The Kier molecular flexibility index (Phi) is 7.96. The number of alkyl halides is 3. The summed E-state index contributed by atoms with van der Waals surface area (Å²) < 4.78 is 114. The summed E-state index contributed by atoms with van der Waals surface area (Å²) in [5, 5.41) is 0. The molecular weight excluding hydrogens is 505 g/mol. The van der Waals surface area contributed by atoms with Crippen LogP contribution in [0.2, 0.25) is 0 Å². The van der Waals surface area contributed by atoms with E-state index in [9.17, 15) is 30.7 Å². The highest BCUT2D eigenvalue weighted by Gasteiger charge is 2.41. The van der Waals surface area contributed by atoms with Crippen molar-refractivity contribution in [1.29, 1.82) is 0 Å². The first-order valence-electron chi connectivity index (χ1n) is 11.5. The molecule has 3 aromatic carbocycles. The normalized spacial score (nSPS) is 18.1. The summed E-state index contributed by atoms with van der Waals surface area (Å²) in [5.74, 6) is -7.70. The van der Waals surface area contributed by atoms with E-state index in [0.29, 0.717) is 30.2 Å². The second-order valence-corrected chi connectivity index (χ2v) is 8.81. The van der Waals surface area contributed by atoms with Gasteiger partial charge in [0.15, 0.2) is 17.4 Å². The first-order chi connectivity index (χ1) is 17.6. The fourth-order valence-corrected chi connectivity index (χ4v) is 4.13. The van der Waals surface area contributed by atoms with Crippen molar-refractivity contribution < 1.29 is 44.9 Å². The monoisotopic (exact) mass is 528 g/mol. The zero-order chi connectivity index (χ0) is 26.7. The summed E-state index contributed by atoms with van der Waals surface area (Å²) >= 11 is 0. The topological polar surface area (TPSA) is 27.7 Å². The van der Waals surface area contributed by atoms with E-state index in [1.165, 1.54) is 0 Å². The highest BCUT2D eigenvalue weighted by molar-refractivity contribution is 5.64. The molecule has 2 atom stereocenters. The zero-order valence-electron chi connectivity index (χ0n) is 19.7. The third-order valence-electron chi connectivity index (χ3n) is 5.99. The number of ether oxygens (including phenoxy) is 3. The number of benzene rings is 3. The van der Waals surface area contributed by atoms with Crippen LogP contribution in [-0.4, -0.2) is 19.9 Å². The Labute approximate surface area is 208 Å².